The third-order valence-corrected chi connectivity index (χ3v) is 2.51. The first-order valence-electron chi connectivity index (χ1n) is 5.45. The van der Waals surface area contributed by atoms with Crippen LogP contribution < -0.4 is 14.8 Å². The van der Waals surface area contributed by atoms with Crippen LogP contribution in [-0.4, -0.2) is 19.8 Å². The van der Waals surface area contributed by atoms with Gasteiger partial charge >= 0.3 is 0 Å². The molecule has 0 atom stereocenters. The van der Waals surface area contributed by atoms with Crippen LogP contribution in [0.25, 0.3) is 0 Å². The van der Waals surface area contributed by atoms with Crippen LogP contribution in [0.2, 0.25) is 0 Å². The summed E-state index contributed by atoms with van der Waals surface area (Å²) in [7, 11) is 3.27. The topological polar surface area (TPSA) is 30.5 Å². The van der Waals surface area contributed by atoms with E-state index in [1.54, 1.807) is 14.2 Å². The monoisotopic (exact) mass is 233 g/mol. The van der Waals surface area contributed by atoms with Gasteiger partial charge in [-0.05, 0) is 31.5 Å². The largest absolute Gasteiger partial charge is 0.497 e. The molecule has 17 heavy (non-hydrogen) atoms. The molecule has 1 N–H and O–H groups in total. The molecular formula is C14H19NO2. The number of hydrogen-bond donors (Lipinski definition) is 1. The number of terminal acetylenes is 1. The summed E-state index contributed by atoms with van der Waals surface area (Å²) in [4.78, 5) is 0. The van der Waals surface area contributed by atoms with Gasteiger partial charge in [-0.3, -0.25) is 5.32 Å². The fourth-order valence-electron chi connectivity index (χ4n) is 1.34. The van der Waals surface area contributed by atoms with Crippen molar-refractivity contribution in [2.45, 2.75) is 25.9 Å². The Morgan fingerprint density at radius 1 is 1.18 bits per heavy atom. The number of methoxy groups -OCH3 is 2. The molecule has 0 aliphatic heterocycles. The van der Waals surface area contributed by atoms with E-state index < -0.39 is 0 Å². The average molecular weight is 233 g/mol. The standard InChI is InChI=1S/C14H19NO2/c1-6-14(2,3)15-10-11-7-12(16-4)9-13(8-11)17-5/h1,7-9,15H,10H2,2-5H3. The van der Waals surface area contributed by atoms with Gasteiger partial charge in [0.25, 0.3) is 0 Å². The zero-order valence-electron chi connectivity index (χ0n) is 10.8. The Hall–Kier alpha value is -1.66. The zero-order chi connectivity index (χ0) is 12.9. The number of nitrogens with one attached hydrogen (secondary N) is 1. The first kappa shape index (κ1) is 13.4. The molecule has 0 saturated heterocycles. The van der Waals surface area contributed by atoms with E-state index in [0.717, 1.165) is 17.1 Å². The maximum Gasteiger partial charge on any atom is 0.122 e. The Labute approximate surface area is 103 Å². The highest BCUT2D eigenvalue weighted by molar-refractivity contribution is 5.38. The van der Waals surface area contributed by atoms with Crippen molar-refractivity contribution in [1.82, 2.24) is 5.32 Å². The minimum absolute atomic E-state index is 0.323. The second kappa shape index (κ2) is 5.60. The van der Waals surface area contributed by atoms with E-state index >= 15 is 0 Å². The van der Waals surface area contributed by atoms with Crippen molar-refractivity contribution in [3.63, 3.8) is 0 Å². The van der Waals surface area contributed by atoms with Crippen LogP contribution in [0.4, 0.5) is 0 Å². The summed E-state index contributed by atoms with van der Waals surface area (Å²) in [6.45, 7) is 4.60. The summed E-state index contributed by atoms with van der Waals surface area (Å²) < 4.78 is 10.4. The molecule has 1 rings (SSSR count). The number of rotatable bonds is 5. The van der Waals surface area contributed by atoms with Crippen LogP contribution in [0.1, 0.15) is 19.4 Å². The summed E-state index contributed by atoms with van der Waals surface area (Å²) >= 11 is 0. The molecule has 0 unspecified atom stereocenters. The second-order valence-corrected chi connectivity index (χ2v) is 4.34. The summed E-state index contributed by atoms with van der Waals surface area (Å²) in [5.74, 6) is 4.25. The summed E-state index contributed by atoms with van der Waals surface area (Å²) in [5.41, 5.74) is 0.751. The smallest absolute Gasteiger partial charge is 0.122 e. The minimum Gasteiger partial charge on any atom is -0.497 e. The molecule has 1 aromatic carbocycles. The first-order chi connectivity index (χ1) is 8.00. The molecule has 1 aromatic rings. The molecule has 3 nitrogen and oxygen atoms in total. The molecule has 0 heterocycles. The van der Waals surface area contributed by atoms with E-state index in [1.165, 1.54) is 0 Å². The molecule has 0 bridgehead atoms. The maximum absolute atomic E-state index is 5.42. The van der Waals surface area contributed by atoms with E-state index in [9.17, 15) is 0 Å². The molecule has 0 aromatic heterocycles. The van der Waals surface area contributed by atoms with Crippen molar-refractivity contribution in [3.8, 4) is 23.8 Å². The number of benzene rings is 1. The van der Waals surface area contributed by atoms with Gasteiger partial charge in [0, 0.05) is 12.6 Å². The predicted molar refractivity (Wildman–Crippen MR) is 69.3 cm³/mol. The number of hydrogen-bond acceptors (Lipinski definition) is 3. The van der Waals surface area contributed by atoms with Gasteiger partial charge in [-0.2, -0.15) is 0 Å². The average Bonchev–Trinajstić information content (AvgIpc) is 2.36. The quantitative estimate of drug-likeness (QED) is 0.791. The predicted octanol–water partition coefficient (Wildman–Crippen LogP) is 2.21. The van der Waals surface area contributed by atoms with Crippen LogP contribution in [-0.2, 0) is 6.54 Å². The Morgan fingerprint density at radius 3 is 2.12 bits per heavy atom. The Morgan fingerprint density at radius 2 is 1.71 bits per heavy atom. The summed E-state index contributed by atoms with van der Waals surface area (Å²) in [5, 5.41) is 3.28. The third kappa shape index (κ3) is 4.01. The molecule has 0 spiro atoms. The molecule has 92 valence electrons. The Kier molecular flexibility index (Phi) is 4.42. The molecule has 0 radical (unpaired) electrons. The van der Waals surface area contributed by atoms with Crippen LogP contribution in [0, 0.1) is 12.3 Å². The van der Waals surface area contributed by atoms with Crippen molar-refractivity contribution in [2.75, 3.05) is 14.2 Å². The van der Waals surface area contributed by atoms with E-state index in [4.69, 9.17) is 15.9 Å². The van der Waals surface area contributed by atoms with Crippen molar-refractivity contribution in [1.29, 1.82) is 0 Å². The van der Waals surface area contributed by atoms with Gasteiger partial charge in [0.05, 0.1) is 19.8 Å². The summed E-state index contributed by atoms with van der Waals surface area (Å²) in [6.07, 6.45) is 5.42. The van der Waals surface area contributed by atoms with Gasteiger partial charge in [0.1, 0.15) is 11.5 Å². The highest BCUT2D eigenvalue weighted by Gasteiger charge is 2.12. The highest BCUT2D eigenvalue weighted by atomic mass is 16.5. The molecule has 0 amide bonds. The van der Waals surface area contributed by atoms with Crippen LogP contribution in [0.3, 0.4) is 0 Å². The fourth-order valence-corrected chi connectivity index (χ4v) is 1.34. The molecule has 0 saturated carbocycles. The van der Waals surface area contributed by atoms with Crippen molar-refractivity contribution >= 4 is 0 Å². The van der Waals surface area contributed by atoms with E-state index in [0.29, 0.717) is 6.54 Å². The van der Waals surface area contributed by atoms with E-state index in [2.05, 4.69) is 11.2 Å². The van der Waals surface area contributed by atoms with Crippen LogP contribution >= 0.6 is 0 Å². The Bertz CT molecular complexity index is 396. The maximum atomic E-state index is 5.42. The lowest BCUT2D eigenvalue weighted by Crippen LogP contribution is -2.36. The molecule has 0 aliphatic rings. The highest BCUT2D eigenvalue weighted by Crippen LogP contribution is 2.22. The minimum atomic E-state index is -0.323. The lowest BCUT2D eigenvalue weighted by Gasteiger charge is -2.20. The SMILES string of the molecule is C#CC(C)(C)NCc1cc(OC)cc(OC)c1. The van der Waals surface area contributed by atoms with Gasteiger partial charge in [-0.25, -0.2) is 0 Å². The third-order valence-electron chi connectivity index (χ3n) is 2.51. The van der Waals surface area contributed by atoms with E-state index in [-0.39, 0.29) is 5.54 Å². The normalized spacial score (nSPS) is 10.8. The number of ether oxygens (including phenoxy) is 2. The molecule has 3 heteroatoms. The van der Waals surface area contributed by atoms with Gasteiger partial charge in [-0.15, -0.1) is 6.42 Å². The molecule has 0 fully saturated rings. The lowest BCUT2D eigenvalue weighted by molar-refractivity contribution is 0.392. The van der Waals surface area contributed by atoms with Crippen LogP contribution in [0.5, 0.6) is 11.5 Å². The van der Waals surface area contributed by atoms with Crippen LogP contribution in [0.15, 0.2) is 18.2 Å². The van der Waals surface area contributed by atoms with Crippen molar-refractivity contribution in [2.24, 2.45) is 0 Å². The van der Waals surface area contributed by atoms with Gasteiger partial charge in [0.2, 0.25) is 0 Å². The zero-order valence-corrected chi connectivity index (χ0v) is 10.8. The fraction of sp³-hybridized carbons (Fsp3) is 0.429. The van der Waals surface area contributed by atoms with Gasteiger partial charge < -0.3 is 9.47 Å². The van der Waals surface area contributed by atoms with E-state index in [1.807, 2.05) is 32.0 Å². The molecule has 0 aliphatic carbocycles. The lowest BCUT2D eigenvalue weighted by atomic mass is 10.1. The van der Waals surface area contributed by atoms with Gasteiger partial charge in [-0.1, -0.05) is 5.92 Å². The summed E-state index contributed by atoms with van der Waals surface area (Å²) in [6, 6.07) is 5.76. The first-order valence-corrected chi connectivity index (χ1v) is 5.45. The van der Waals surface area contributed by atoms with Gasteiger partial charge in [0.15, 0.2) is 0 Å². The molecular weight excluding hydrogens is 214 g/mol. The Balaban J connectivity index is 2.81. The van der Waals surface area contributed by atoms with Crippen molar-refractivity contribution in [3.05, 3.63) is 23.8 Å². The second-order valence-electron chi connectivity index (χ2n) is 4.34. The van der Waals surface area contributed by atoms with Crippen molar-refractivity contribution < 1.29 is 9.47 Å².